The quantitative estimate of drug-likeness (QED) is 0.115. The van der Waals surface area contributed by atoms with E-state index in [-0.39, 0.29) is 45.4 Å². The number of hydrogen-bond donors (Lipinski definition) is 0. The molecule has 0 saturated carbocycles. The number of amides is 2. The Morgan fingerprint density at radius 3 is 1.90 bits per heavy atom. The van der Waals surface area contributed by atoms with Gasteiger partial charge in [0.15, 0.2) is 11.6 Å². The average molecular weight is 625 g/mol. The van der Waals surface area contributed by atoms with Crippen molar-refractivity contribution in [3.05, 3.63) is 94.0 Å². The zero-order chi connectivity index (χ0) is 30.2. The molecule has 0 aliphatic carbocycles. The molecule has 16 heteroatoms. The molecule has 0 radical (unpaired) electrons. The van der Waals surface area contributed by atoms with E-state index in [2.05, 4.69) is 24.9 Å². The number of aromatic nitrogens is 5. The molecule has 9 nitrogen and oxygen atoms in total. The van der Waals surface area contributed by atoms with Crippen molar-refractivity contribution in [1.29, 1.82) is 0 Å². The van der Waals surface area contributed by atoms with Crippen molar-refractivity contribution in [2.75, 3.05) is 11.5 Å². The number of halogens is 7. The summed E-state index contributed by atoms with van der Waals surface area (Å²) < 4.78 is 76.7. The first-order chi connectivity index (χ1) is 19.9. The van der Waals surface area contributed by atoms with Crippen LogP contribution in [0.15, 0.2) is 49.2 Å². The smallest absolute Gasteiger partial charge is 0.271 e. The van der Waals surface area contributed by atoms with Crippen LogP contribution in [-0.4, -0.2) is 49.3 Å². The number of ether oxygens (including phenoxy) is 1. The van der Waals surface area contributed by atoms with Gasteiger partial charge in [0.1, 0.15) is 18.5 Å². The van der Waals surface area contributed by atoms with Crippen LogP contribution < -0.4 is 4.90 Å². The summed E-state index contributed by atoms with van der Waals surface area (Å²) >= 11 is 11.5. The van der Waals surface area contributed by atoms with Gasteiger partial charge in [-0.1, -0.05) is 0 Å². The first-order valence-corrected chi connectivity index (χ1v) is 12.7. The molecule has 1 saturated heterocycles. The molecule has 1 fully saturated rings. The maximum Gasteiger partial charge on any atom is 0.271 e. The second-order valence-electron chi connectivity index (χ2n) is 8.96. The van der Waals surface area contributed by atoms with Crippen LogP contribution >= 0.6 is 23.2 Å². The van der Waals surface area contributed by atoms with E-state index in [0.717, 1.165) is 37.1 Å². The van der Waals surface area contributed by atoms with Crippen molar-refractivity contribution in [2.24, 2.45) is 0 Å². The average Bonchev–Trinajstić information content (AvgIpc) is 2.96. The third-order valence-electron chi connectivity index (χ3n) is 6.19. The number of imide groups is 1. The van der Waals surface area contributed by atoms with Gasteiger partial charge >= 0.3 is 0 Å². The largest absolute Gasteiger partial charge is 0.366 e. The molecule has 5 rings (SSSR count). The third kappa shape index (κ3) is 5.91. The zero-order valence-corrected chi connectivity index (χ0v) is 22.4. The molecule has 1 aromatic carbocycles. The summed E-state index contributed by atoms with van der Waals surface area (Å²) in [6, 6.07) is 1.93. The van der Waals surface area contributed by atoms with Crippen LogP contribution in [0.25, 0.3) is 11.1 Å². The number of anilines is 1. The second kappa shape index (κ2) is 11.6. The highest BCUT2D eigenvalue weighted by molar-refractivity contribution is 6.29. The van der Waals surface area contributed by atoms with Crippen molar-refractivity contribution in [3.63, 3.8) is 0 Å². The van der Waals surface area contributed by atoms with Crippen molar-refractivity contribution < 1.29 is 36.3 Å². The molecule has 42 heavy (non-hydrogen) atoms. The van der Waals surface area contributed by atoms with Gasteiger partial charge in [0.25, 0.3) is 17.7 Å². The van der Waals surface area contributed by atoms with Gasteiger partial charge in [-0.3, -0.25) is 14.6 Å². The molecule has 1 atom stereocenters. The molecule has 1 aliphatic rings. The SMILES string of the molecule is O=C(c1cnc(Cl)nc1)N(C(=O)c1cnc(Cl)nc1)c1c(-c2cc(F)c(F)cc2F)ccnc1[C@H]1CCC(F)(F)CO1. The van der Waals surface area contributed by atoms with Gasteiger partial charge in [0.2, 0.25) is 10.6 Å². The number of hydrogen-bond acceptors (Lipinski definition) is 8. The molecule has 4 heterocycles. The highest BCUT2D eigenvalue weighted by atomic mass is 35.5. The topological polar surface area (TPSA) is 111 Å². The van der Waals surface area contributed by atoms with Gasteiger partial charge < -0.3 is 4.74 Å². The highest BCUT2D eigenvalue weighted by Crippen LogP contribution is 2.43. The third-order valence-corrected chi connectivity index (χ3v) is 6.58. The van der Waals surface area contributed by atoms with Crippen LogP contribution in [0.1, 0.15) is 45.4 Å². The second-order valence-corrected chi connectivity index (χ2v) is 9.64. The first-order valence-electron chi connectivity index (χ1n) is 11.9. The van der Waals surface area contributed by atoms with Crippen LogP contribution in [0.5, 0.6) is 0 Å². The van der Waals surface area contributed by atoms with Crippen LogP contribution in [0.4, 0.5) is 27.6 Å². The van der Waals surface area contributed by atoms with Crippen LogP contribution in [0.3, 0.4) is 0 Å². The number of nitrogens with zero attached hydrogens (tertiary/aromatic N) is 6. The van der Waals surface area contributed by atoms with E-state index >= 15 is 4.39 Å². The summed E-state index contributed by atoms with van der Waals surface area (Å²) in [4.78, 5) is 47.6. The minimum atomic E-state index is -3.16. The minimum Gasteiger partial charge on any atom is -0.366 e. The Kier molecular flexibility index (Phi) is 8.12. The Hall–Kier alpha value is -4.14. The van der Waals surface area contributed by atoms with Gasteiger partial charge in [-0.05, 0) is 41.8 Å². The van der Waals surface area contributed by atoms with Crippen LogP contribution in [-0.2, 0) is 4.74 Å². The maximum absolute atomic E-state index is 15.2. The molecule has 0 bridgehead atoms. The number of benzene rings is 1. The molecule has 4 aromatic rings. The maximum atomic E-state index is 15.2. The summed E-state index contributed by atoms with van der Waals surface area (Å²) in [5.41, 5.74) is -2.16. The fourth-order valence-electron chi connectivity index (χ4n) is 4.22. The van der Waals surface area contributed by atoms with E-state index in [1.54, 1.807) is 0 Å². The molecule has 0 N–H and O–H groups in total. The Morgan fingerprint density at radius 2 is 1.38 bits per heavy atom. The summed E-state index contributed by atoms with van der Waals surface area (Å²) in [7, 11) is 0. The van der Waals surface area contributed by atoms with Crippen molar-refractivity contribution in [3.8, 4) is 11.1 Å². The van der Waals surface area contributed by atoms with Crippen LogP contribution in [0, 0.1) is 17.5 Å². The lowest BCUT2D eigenvalue weighted by Crippen LogP contribution is -2.39. The lowest BCUT2D eigenvalue weighted by atomic mass is 9.95. The number of rotatable bonds is 5. The predicted octanol–water partition coefficient (Wildman–Crippen LogP) is 6.03. The monoisotopic (exact) mass is 624 g/mol. The molecule has 216 valence electrons. The summed E-state index contributed by atoms with van der Waals surface area (Å²) in [6.07, 6.45) is 2.95. The van der Waals surface area contributed by atoms with Gasteiger partial charge in [0, 0.05) is 54.6 Å². The van der Waals surface area contributed by atoms with Gasteiger partial charge in [-0.25, -0.2) is 46.8 Å². The Bertz CT molecular complexity index is 1610. The fraction of sp³-hybridized carbons (Fsp3) is 0.192. The molecule has 0 unspecified atom stereocenters. The molecule has 3 aromatic heterocycles. The van der Waals surface area contributed by atoms with E-state index in [4.69, 9.17) is 27.9 Å². The normalized spacial score (nSPS) is 16.2. The van der Waals surface area contributed by atoms with Crippen molar-refractivity contribution in [1.82, 2.24) is 24.9 Å². The first kappa shape index (κ1) is 29.4. The zero-order valence-electron chi connectivity index (χ0n) is 20.9. The predicted molar refractivity (Wildman–Crippen MR) is 138 cm³/mol. The number of pyridine rings is 1. The van der Waals surface area contributed by atoms with E-state index < -0.39 is 65.6 Å². The van der Waals surface area contributed by atoms with Gasteiger partial charge in [0.05, 0.1) is 22.5 Å². The summed E-state index contributed by atoms with van der Waals surface area (Å²) in [6.45, 7) is -1.01. The number of carbonyl (C=O) groups excluding carboxylic acids is 2. The van der Waals surface area contributed by atoms with Crippen molar-refractivity contribution in [2.45, 2.75) is 24.9 Å². The Morgan fingerprint density at radius 1 is 0.833 bits per heavy atom. The van der Waals surface area contributed by atoms with Crippen LogP contribution in [0.2, 0.25) is 10.6 Å². The van der Waals surface area contributed by atoms with E-state index in [0.29, 0.717) is 11.0 Å². The lowest BCUT2D eigenvalue weighted by molar-refractivity contribution is -0.146. The Balaban J connectivity index is 1.79. The fourth-order valence-corrected chi connectivity index (χ4v) is 4.42. The standard InChI is InChI=1S/C26H15Cl2F5N6O3/c27-24-35-7-12(8-36-24)22(40)39(23(41)13-9-37-25(28)38-10-13)21-14(15-5-17(30)18(31)6-16(15)29)2-4-34-20(21)19-1-3-26(32,33)11-42-19/h2,4-10,19H,1,3,11H2/t19-/m1/s1. The highest BCUT2D eigenvalue weighted by Gasteiger charge is 2.40. The molecule has 2 amide bonds. The minimum absolute atomic E-state index is 0.223. The van der Waals surface area contributed by atoms with Gasteiger partial charge in [-0.2, -0.15) is 0 Å². The van der Waals surface area contributed by atoms with E-state index in [9.17, 15) is 27.2 Å². The molecule has 0 spiro atoms. The summed E-state index contributed by atoms with van der Waals surface area (Å²) in [5.74, 6) is -9.56. The number of carbonyl (C=O) groups is 2. The van der Waals surface area contributed by atoms with E-state index in [1.807, 2.05) is 0 Å². The van der Waals surface area contributed by atoms with Gasteiger partial charge in [-0.15, -0.1) is 0 Å². The summed E-state index contributed by atoms with van der Waals surface area (Å²) in [5, 5.41) is -0.447. The lowest BCUT2D eigenvalue weighted by Gasteiger charge is -2.32. The van der Waals surface area contributed by atoms with Crippen molar-refractivity contribution >= 4 is 40.7 Å². The molecular weight excluding hydrogens is 610 g/mol. The Labute approximate surface area is 243 Å². The molecular formula is C26H15Cl2F5N6O3. The molecule has 1 aliphatic heterocycles. The number of alkyl halides is 2. The van der Waals surface area contributed by atoms with E-state index in [1.165, 1.54) is 0 Å².